The van der Waals surface area contributed by atoms with Gasteiger partial charge in [0.25, 0.3) is 0 Å². The van der Waals surface area contributed by atoms with Gasteiger partial charge in [-0.05, 0) is 13.0 Å². The van der Waals surface area contributed by atoms with Crippen LogP contribution in [-0.2, 0) is 18.4 Å². The van der Waals surface area contributed by atoms with Crippen LogP contribution in [0.25, 0.3) is 10.9 Å². The van der Waals surface area contributed by atoms with Crippen LogP contribution in [-0.4, -0.2) is 11.2 Å². The Bertz CT molecular complexity index is 474. The highest BCUT2D eigenvalue weighted by Crippen LogP contribution is 2.25. The van der Waals surface area contributed by atoms with Crippen LogP contribution in [0.5, 0.6) is 0 Å². The topological polar surface area (TPSA) is 40.2 Å². The number of anilines is 1. The minimum absolute atomic E-state index is 0.650. The highest BCUT2D eigenvalue weighted by molar-refractivity contribution is 5.93. The molecule has 3 heteroatoms. The first-order chi connectivity index (χ1) is 7.24. The molecule has 0 spiro atoms. The number of rotatable bonds is 3. The van der Waals surface area contributed by atoms with E-state index >= 15 is 0 Å². The van der Waals surface area contributed by atoms with E-state index in [1.54, 1.807) is 0 Å². The molecule has 0 radical (unpaired) electrons. The van der Waals surface area contributed by atoms with Gasteiger partial charge in [-0.2, -0.15) is 0 Å². The van der Waals surface area contributed by atoms with Crippen molar-refractivity contribution >= 4 is 16.6 Å². The molecule has 0 aliphatic heterocycles. The number of para-hydroxylation sites is 1. The second kappa shape index (κ2) is 3.95. The third kappa shape index (κ3) is 1.70. The van der Waals surface area contributed by atoms with E-state index in [4.69, 9.17) is 10.5 Å². The lowest BCUT2D eigenvalue weighted by Gasteiger charge is -2.00. The van der Waals surface area contributed by atoms with Crippen LogP contribution in [0.15, 0.2) is 24.4 Å². The van der Waals surface area contributed by atoms with Crippen molar-refractivity contribution in [2.24, 2.45) is 7.05 Å². The molecule has 0 unspecified atom stereocenters. The molecule has 1 aromatic heterocycles. The van der Waals surface area contributed by atoms with Crippen molar-refractivity contribution in [3.63, 3.8) is 0 Å². The summed E-state index contributed by atoms with van der Waals surface area (Å²) in [4.78, 5) is 0. The van der Waals surface area contributed by atoms with E-state index in [9.17, 15) is 0 Å². The van der Waals surface area contributed by atoms with Crippen molar-refractivity contribution in [2.75, 3.05) is 12.3 Å². The zero-order valence-corrected chi connectivity index (χ0v) is 9.16. The number of hydrogen-bond donors (Lipinski definition) is 1. The van der Waals surface area contributed by atoms with E-state index in [0.29, 0.717) is 6.61 Å². The largest absolute Gasteiger partial charge is 0.397 e. The first-order valence-corrected chi connectivity index (χ1v) is 5.14. The molecule has 0 aliphatic rings. The van der Waals surface area contributed by atoms with Gasteiger partial charge in [-0.1, -0.05) is 12.1 Å². The summed E-state index contributed by atoms with van der Waals surface area (Å²) in [5.74, 6) is 0. The van der Waals surface area contributed by atoms with Crippen LogP contribution in [0.4, 0.5) is 5.69 Å². The van der Waals surface area contributed by atoms with Gasteiger partial charge >= 0.3 is 0 Å². The minimum atomic E-state index is 0.650. The highest BCUT2D eigenvalue weighted by Gasteiger charge is 2.08. The zero-order chi connectivity index (χ0) is 10.8. The number of aryl methyl sites for hydroxylation is 1. The van der Waals surface area contributed by atoms with Crippen molar-refractivity contribution in [1.82, 2.24) is 4.57 Å². The third-order valence-electron chi connectivity index (χ3n) is 2.58. The molecule has 2 rings (SSSR count). The van der Waals surface area contributed by atoms with Gasteiger partial charge in [0.1, 0.15) is 0 Å². The number of nitrogen functional groups attached to an aromatic ring is 1. The molecular formula is C12H16N2O. The fraction of sp³-hybridized carbons (Fsp3) is 0.333. The lowest BCUT2D eigenvalue weighted by atomic mass is 10.1. The summed E-state index contributed by atoms with van der Waals surface area (Å²) in [7, 11) is 2.01. The van der Waals surface area contributed by atoms with Crippen LogP contribution in [0.3, 0.4) is 0 Å². The van der Waals surface area contributed by atoms with Crippen LogP contribution in [0.1, 0.15) is 12.5 Å². The maximum Gasteiger partial charge on any atom is 0.0737 e. The molecule has 0 atom stereocenters. The molecule has 1 heterocycles. The number of benzene rings is 1. The number of hydrogen-bond acceptors (Lipinski definition) is 2. The summed E-state index contributed by atoms with van der Waals surface area (Å²) in [5, 5.41) is 1.19. The average Bonchev–Trinajstić information content (AvgIpc) is 2.54. The van der Waals surface area contributed by atoms with Gasteiger partial charge in [0, 0.05) is 30.8 Å². The molecule has 2 aromatic rings. The summed E-state index contributed by atoms with van der Waals surface area (Å²) in [6.45, 7) is 3.38. The average molecular weight is 204 g/mol. The van der Waals surface area contributed by atoms with Gasteiger partial charge in [-0.3, -0.25) is 0 Å². The Morgan fingerprint density at radius 1 is 1.40 bits per heavy atom. The van der Waals surface area contributed by atoms with Gasteiger partial charge in [0.15, 0.2) is 0 Å². The molecule has 1 aromatic carbocycles. The molecule has 15 heavy (non-hydrogen) atoms. The van der Waals surface area contributed by atoms with E-state index in [0.717, 1.165) is 17.8 Å². The molecular weight excluding hydrogens is 188 g/mol. The molecule has 0 saturated carbocycles. The monoisotopic (exact) mass is 204 g/mol. The minimum Gasteiger partial charge on any atom is -0.397 e. The SMILES string of the molecule is CCOCc1cn(C)c2c(N)cccc12. The molecule has 0 fully saturated rings. The normalized spacial score (nSPS) is 11.1. The van der Waals surface area contributed by atoms with Gasteiger partial charge in [-0.25, -0.2) is 0 Å². The van der Waals surface area contributed by atoms with Crippen LogP contribution in [0, 0.1) is 0 Å². The van der Waals surface area contributed by atoms with E-state index in [2.05, 4.69) is 16.8 Å². The van der Waals surface area contributed by atoms with Crippen molar-refractivity contribution in [2.45, 2.75) is 13.5 Å². The molecule has 0 saturated heterocycles. The van der Waals surface area contributed by atoms with Crippen molar-refractivity contribution in [1.29, 1.82) is 0 Å². The lowest BCUT2D eigenvalue weighted by Crippen LogP contribution is -1.91. The lowest BCUT2D eigenvalue weighted by molar-refractivity contribution is 0.135. The summed E-state index contributed by atoms with van der Waals surface area (Å²) in [5.41, 5.74) is 9.04. The fourth-order valence-corrected chi connectivity index (χ4v) is 1.91. The maximum atomic E-state index is 5.94. The summed E-state index contributed by atoms with van der Waals surface area (Å²) >= 11 is 0. The highest BCUT2D eigenvalue weighted by atomic mass is 16.5. The number of aromatic nitrogens is 1. The fourth-order valence-electron chi connectivity index (χ4n) is 1.91. The summed E-state index contributed by atoms with van der Waals surface area (Å²) in [6, 6.07) is 5.99. The smallest absolute Gasteiger partial charge is 0.0737 e. The van der Waals surface area contributed by atoms with Gasteiger partial charge in [0.05, 0.1) is 17.8 Å². The molecule has 0 bridgehead atoms. The van der Waals surface area contributed by atoms with Gasteiger partial charge in [-0.15, -0.1) is 0 Å². The Balaban J connectivity index is 2.53. The first-order valence-electron chi connectivity index (χ1n) is 5.14. The number of nitrogens with zero attached hydrogens (tertiary/aromatic N) is 1. The Morgan fingerprint density at radius 2 is 2.20 bits per heavy atom. The van der Waals surface area contributed by atoms with Crippen LogP contribution >= 0.6 is 0 Å². The van der Waals surface area contributed by atoms with Crippen molar-refractivity contribution < 1.29 is 4.74 Å². The van der Waals surface area contributed by atoms with Crippen LogP contribution < -0.4 is 5.73 Å². The molecule has 2 N–H and O–H groups in total. The van der Waals surface area contributed by atoms with E-state index < -0.39 is 0 Å². The molecule has 0 aliphatic carbocycles. The molecule has 80 valence electrons. The van der Waals surface area contributed by atoms with E-state index in [-0.39, 0.29) is 0 Å². The van der Waals surface area contributed by atoms with E-state index in [1.807, 2.05) is 26.1 Å². The van der Waals surface area contributed by atoms with Crippen LogP contribution in [0.2, 0.25) is 0 Å². The van der Waals surface area contributed by atoms with Gasteiger partial charge < -0.3 is 15.0 Å². The first kappa shape index (κ1) is 10.1. The quantitative estimate of drug-likeness (QED) is 0.779. The second-order valence-corrected chi connectivity index (χ2v) is 3.65. The van der Waals surface area contributed by atoms with Crippen molar-refractivity contribution in [3.05, 3.63) is 30.0 Å². The summed E-state index contributed by atoms with van der Waals surface area (Å²) < 4.78 is 7.48. The Labute approximate surface area is 89.4 Å². The standard InChI is InChI=1S/C12H16N2O/c1-3-15-8-9-7-14(2)12-10(9)5-4-6-11(12)13/h4-7H,3,8,13H2,1-2H3. The molecule has 3 nitrogen and oxygen atoms in total. The van der Waals surface area contributed by atoms with Gasteiger partial charge in [0.2, 0.25) is 0 Å². The Hall–Kier alpha value is -1.48. The molecule has 0 amide bonds. The Morgan fingerprint density at radius 3 is 2.93 bits per heavy atom. The zero-order valence-electron chi connectivity index (χ0n) is 9.16. The third-order valence-corrected chi connectivity index (χ3v) is 2.58. The second-order valence-electron chi connectivity index (χ2n) is 3.65. The van der Waals surface area contributed by atoms with E-state index in [1.165, 1.54) is 10.9 Å². The summed E-state index contributed by atoms with van der Waals surface area (Å²) in [6.07, 6.45) is 2.08. The van der Waals surface area contributed by atoms with Crippen molar-refractivity contribution in [3.8, 4) is 0 Å². The maximum absolute atomic E-state index is 5.94. The number of nitrogens with two attached hydrogens (primary N) is 1. The number of fused-ring (bicyclic) bond motifs is 1. The predicted octanol–water partition coefficient (Wildman–Crippen LogP) is 2.30. The predicted molar refractivity (Wildman–Crippen MR) is 62.7 cm³/mol. The number of ether oxygens (including phenoxy) is 1. The Kier molecular flexibility index (Phi) is 2.64.